The second-order valence-corrected chi connectivity index (χ2v) is 6.44. The molecular weight excluding hydrogens is 338 g/mol. The van der Waals surface area contributed by atoms with E-state index >= 15 is 0 Å². The number of carbonyl (C=O) groups excluding carboxylic acids is 2. The van der Waals surface area contributed by atoms with Gasteiger partial charge in [-0.3, -0.25) is 14.5 Å². The highest BCUT2D eigenvalue weighted by Gasteiger charge is 2.52. The van der Waals surface area contributed by atoms with Crippen LogP contribution in [-0.4, -0.2) is 88.5 Å². The highest BCUT2D eigenvalue weighted by molar-refractivity contribution is 6.04. The Hall–Kier alpha value is -3.10. The number of aliphatic carboxylic acids is 1. The molecule has 3 amide bonds. The molecule has 3 rings (SSSR count). The van der Waals surface area contributed by atoms with Gasteiger partial charge < -0.3 is 19.8 Å². The summed E-state index contributed by atoms with van der Waals surface area (Å²) in [4.78, 5) is 46.3. The number of carbonyl (C=O) groups is 3. The fourth-order valence-corrected chi connectivity index (χ4v) is 3.31. The molecule has 1 N–H and O–H groups in total. The molecule has 26 heavy (non-hydrogen) atoms. The minimum Gasteiger partial charge on any atom is -0.480 e. The van der Waals surface area contributed by atoms with E-state index < -0.39 is 30.1 Å². The van der Waals surface area contributed by atoms with Crippen molar-refractivity contribution in [2.45, 2.75) is 18.8 Å². The van der Waals surface area contributed by atoms with E-state index in [9.17, 15) is 19.5 Å². The topological polar surface area (TPSA) is 96.8 Å². The van der Waals surface area contributed by atoms with Gasteiger partial charge in [0.05, 0.1) is 0 Å². The number of benzene rings is 1. The SMILES string of the molecule is CN(Cc1ccccc1)C1=NC2C(C(=O)N(C)C(=O)N2C)N1CC(=O)O. The molecule has 0 radical (unpaired) electrons. The summed E-state index contributed by atoms with van der Waals surface area (Å²) in [5.41, 5.74) is 1.02. The lowest BCUT2D eigenvalue weighted by atomic mass is 10.1. The Bertz CT molecular complexity index is 766. The van der Waals surface area contributed by atoms with Crippen LogP contribution in [0, 0.1) is 0 Å². The average Bonchev–Trinajstić information content (AvgIpc) is 2.98. The summed E-state index contributed by atoms with van der Waals surface area (Å²) >= 11 is 0. The molecule has 9 heteroatoms. The number of hydrogen-bond acceptors (Lipinski definition) is 6. The molecule has 1 fully saturated rings. The van der Waals surface area contributed by atoms with Gasteiger partial charge in [0.1, 0.15) is 6.54 Å². The van der Waals surface area contributed by atoms with Gasteiger partial charge in [0.25, 0.3) is 5.91 Å². The first-order valence-corrected chi connectivity index (χ1v) is 8.17. The van der Waals surface area contributed by atoms with Crippen molar-refractivity contribution in [2.24, 2.45) is 4.99 Å². The molecule has 2 atom stereocenters. The first-order chi connectivity index (χ1) is 12.3. The number of guanidine groups is 1. The standard InChI is InChI=1S/C17H21N5O4/c1-19(9-11-7-5-4-6-8-11)16-18-14-13(22(16)10-12(23)24)15(25)21(3)17(26)20(14)2/h4-8,13-14H,9-10H2,1-3H3,(H,23,24). The van der Waals surface area contributed by atoms with Crippen molar-refractivity contribution in [1.82, 2.24) is 19.6 Å². The van der Waals surface area contributed by atoms with Gasteiger partial charge >= 0.3 is 12.0 Å². The van der Waals surface area contributed by atoms with Crippen molar-refractivity contribution in [2.75, 3.05) is 27.7 Å². The number of imide groups is 1. The van der Waals surface area contributed by atoms with Crippen molar-refractivity contribution >= 4 is 23.9 Å². The van der Waals surface area contributed by atoms with Crippen LogP contribution in [0.4, 0.5) is 4.79 Å². The maximum Gasteiger partial charge on any atom is 0.328 e. The number of urea groups is 1. The fraction of sp³-hybridized carbons (Fsp3) is 0.412. The lowest BCUT2D eigenvalue weighted by molar-refractivity contribution is -0.141. The van der Waals surface area contributed by atoms with Crippen molar-refractivity contribution in [3.05, 3.63) is 35.9 Å². The molecular formula is C17H21N5O4. The van der Waals surface area contributed by atoms with Crippen LogP contribution < -0.4 is 0 Å². The van der Waals surface area contributed by atoms with Crippen molar-refractivity contribution in [3.63, 3.8) is 0 Å². The zero-order valence-electron chi connectivity index (χ0n) is 14.9. The van der Waals surface area contributed by atoms with E-state index in [0.29, 0.717) is 12.5 Å². The molecule has 1 aromatic carbocycles. The second kappa shape index (κ2) is 6.66. The average molecular weight is 359 g/mol. The fourth-order valence-electron chi connectivity index (χ4n) is 3.31. The summed E-state index contributed by atoms with van der Waals surface area (Å²) in [7, 11) is 4.74. The molecule has 1 saturated heterocycles. The largest absolute Gasteiger partial charge is 0.480 e. The summed E-state index contributed by atoms with van der Waals surface area (Å²) in [6, 6.07) is 8.36. The Morgan fingerprint density at radius 2 is 1.88 bits per heavy atom. The summed E-state index contributed by atoms with van der Waals surface area (Å²) in [6.07, 6.45) is -0.737. The lowest BCUT2D eigenvalue weighted by Gasteiger charge is -2.39. The summed E-state index contributed by atoms with van der Waals surface area (Å²) < 4.78 is 0. The van der Waals surface area contributed by atoms with Crippen LogP contribution in [-0.2, 0) is 16.1 Å². The van der Waals surface area contributed by atoms with Gasteiger partial charge in [-0.2, -0.15) is 0 Å². The summed E-state index contributed by atoms with van der Waals surface area (Å²) in [5.74, 6) is -1.14. The second-order valence-electron chi connectivity index (χ2n) is 6.44. The zero-order valence-corrected chi connectivity index (χ0v) is 14.9. The van der Waals surface area contributed by atoms with E-state index in [-0.39, 0.29) is 6.54 Å². The molecule has 0 saturated carbocycles. The predicted octanol–water partition coefficient (Wildman–Crippen LogP) is 0.0931. The number of amides is 3. The first-order valence-electron chi connectivity index (χ1n) is 8.17. The molecule has 2 aliphatic heterocycles. The minimum absolute atomic E-state index is 0.374. The van der Waals surface area contributed by atoms with Crippen LogP contribution >= 0.6 is 0 Å². The van der Waals surface area contributed by atoms with E-state index in [1.165, 1.54) is 16.8 Å². The number of carboxylic acid groups (broad SMARTS) is 1. The van der Waals surface area contributed by atoms with Gasteiger partial charge in [0, 0.05) is 27.7 Å². The number of nitrogens with zero attached hydrogens (tertiary/aromatic N) is 5. The molecule has 2 heterocycles. The molecule has 0 aliphatic carbocycles. The zero-order chi connectivity index (χ0) is 19.0. The molecule has 9 nitrogen and oxygen atoms in total. The molecule has 1 aromatic rings. The maximum atomic E-state index is 12.6. The third-order valence-corrected chi connectivity index (χ3v) is 4.60. The van der Waals surface area contributed by atoms with Gasteiger partial charge in [0.15, 0.2) is 18.2 Å². The Kier molecular flexibility index (Phi) is 4.54. The molecule has 138 valence electrons. The lowest BCUT2D eigenvalue weighted by Crippen LogP contribution is -2.64. The van der Waals surface area contributed by atoms with E-state index in [2.05, 4.69) is 4.99 Å². The molecule has 0 bridgehead atoms. The Morgan fingerprint density at radius 1 is 1.23 bits per heavy atom. The molecule has 0 aromatic heterocycles. The van der Waals surface area contributed by atoms with E-state index in [0.717, 1.165) is 10.5 Å². The molecule has 0 spiro atoms. The monoisotopic (exact) mass is 359 g/mol. The number of carboxylic acids is 1. The van der Waals surface area contributed by atoms with Gasteiger partial charge in [-0.15, -0.1) is 0 Å². The van der Waals surface area contributed by atoms with Gasteiger partial charge in [-0.25, -0.2) is 9.79 Å². The highest BCUT2D eigenvalue weighted by atomic mass is 16.4. The van der Waals surface area contributed by atoms with Gasteiger partial charge in [-0.1, -0.05) is 30.3 Å². The van der Waals surface area contributed by atoms with Crippen LogP contribution in [0.5, 0.6) is 0 Å². The number of fused-ring (bicyclic) bond motifs is 1. The molecule has 2 aliphatic rings. The van der Waals surface area contributed by atoms with Crippen molar-refractivity contribution in [1.29, 1.82) is 0 Å². The number of rotatable bonds is 4. The Balaban J connectivity index is 1.93. The van der Waals surface area contributed by atoms with Crippen molar-refractivity contribution < 1.29 is 19.5 Å². The minimum atomic E-state index is -1.07. The third kappa shape index (κ3) is 2.96. The number of hydrogen-bond donors (Lipinski definition) is 1. The number of aliphatic imine (C=N–C) groups is 1. The van der Waals surface area contributed by atoms with Crippen molar-refractivity contribution in [3.8, 4) is 0 Å². The normalized spacial score (nSPS) is 22.4. The highest BCUT2D eigenvalue weighted by Crippen LogP contribution is 2.28. The van der Waals surface area contributed by atoms with Crippen LogP contribution in [0.2, 0.25) is 0 Å². The van der Waals surface area contributed by atoms with Crippen LogP contribution in [0.3, 0.4) is 0 Å². The van der Waals surface area contributed by atoms with E-state index in [1.54, 1.807) is 19.0 Å². The van der Waals surface area contributed by atoms with Crippen LogP contribution in [0.1, 0.15) is 5.56 Å². The first kappa shape index (κ1) is 17.7. The predicted molar refractivity (Wildman–Crippen MR) is 93.2 cm³/mol. The summed E-state index contributed by atoms with van der Waals surface area (Å²) in [5, 5.41) is 9.30. The van der Waals surface area contributed by atoms with Gasteiger partial charge in [0.2, 0.25) is 0 Å². The van der Waals surface area contributed by atoms with Crippen LogP contribution in [0.25, 0.3) is 0 Å². The summed E-state index contributed by atoms with van der Waals surface area (Å²) in [6.45, 7) is 0.123. The van der Waals surface area contributed by atoms with Crippen LogP contribution in [0.15, 0.2) is 35.3 Å². The third-order valence-electron chi connectivity index (χ3n) is 4.60. The van der Waals surface area contributed by atoms with Gasteiger partial charge in [-0.05, 0) is 5.56 Å². The quantitative estimate of drug-likeness (QED) is 0.819. The maximum absolute atomic E-state index is 12.6. The number of likely N-dealkylation sites (N-methyl/N-ethyl adjacent to an activating group) is 2. The Labute approximate surface area is 151 Å². The van der Waals surface area contributed by atoms with E-state index in [4.69, 9.17) is 0 Å². The smallest absolute Gasteiger partial charge is 0.328 e. The molecule has 2 unspecified atom stereocenters. The Morgan fingerprint density at radius 3 is 2.50 bits per heavy atom. The van der Waals surface area contributed by atoms with E-state index in [1.807, 2.05) is 30.3 Å².